The lowest BCUT2D eigenvalue weighted by Crippen LogP contribution is -2.63. The highest BCUT2D eigenvalue weighted by Gasteiger charge is 2.68. The summed E-state index contributed by atoms with van der Waals surface area (Å²) < 4.78 is 0. The third kappa shape index (κ3) is 2.39. The molecule has 1 saturated carbocycles. The van der Waals surface area contributed by atoms with E-state index >= 15 is 0 Å². The van der Waals surface area contributed by atoms with Gasteiger partial charge in [0, 0.05) is 23.3 Å². The van der Waals surface area contributed by atoms with Gasteiger partial charge in [0.15, 0.2) is 17.3 Å². The maximum Gasteiger partial charge on any atom is 0.174 e. The first-order valence-electron chi connectivity index (χ1n) is 11.1. The summed E-state index contributed by atoms with van der Waals surface area (Å²) in [5, 5.41) is 0. The van der Waals surface area contributed by atoms with Crippen LogP contribution in [0.1, 0.15) is 45.3 Å². The minimum Gasteiger partial charge on any atom is -0.294 e. The minimum atomic E-state index is -1.11. The quantitative estimate of drug-likeness (QED) is 0.561. The minimum absolute atomic E-state index is 0.0362. The van der Waals surface area contributed by atoms with Crippen LogP contribution < -0.4 is 0 Å². The Labute approximate surface area is 186 Å². The monoisotopic (exact) mass is 418 g/mol. The van der Waals surface area contributed by atoms with E-state index in [1.165, 1.54) is 12.2 Å². The van der Waals surface area contributed by atoms with Crippen molar-refractivity contribution in [3.8, 4) is 0 Å². The van der Waals surface area contributed by atoms with Crippen LogP contribution in [0, 0.1) is 11.8 Å². The molecule has 4 aliphatic carbocycles. The number of benzene rings is 3. The summed E-state index contributed by atoms with van der Waals surface area (Å²) >= 11 is 0. The number of ketones is 3. The first-order valence-corrected chi connectivity index (χ1v) is 11.1. The smallest absolute Gasteiger partial charge is 0.174 e. The van der Waals surface area contributed by atoms with Crippen molar-refractivity contribution < 1.29 is 14.4 Å². The second kappa shape index (κ2) is 6.96. The van der Waals surface area contributed by atoms with Crippen LogP contribution in [0.25, 0.3) is 0 Å². The molecular formula is C29H22O3. The van der Waals surface area contributed by atoms with Crippen LogP contribution in [0.15, 0.2) is 97.1 Å². The highest BCUT2D eigenvalue weighted by atomic mass is 16.1. The molecule has 5 atom stereocenters. The molecule has 0 radical (unpaired) electrons. The molecule has 32 heavy (non-hydrogen) atoms. The van der Waals surface area contributed by atoms with Gasteiger partial charge in [0.1, 0.15) is 0 Å². The number of allylic oxidation sites excluding steroid dienone is 2. The van der Waals surface area contributed by atoms with Crippen LogP contribution in [0.5, 0.6) is 0 Å². The molecule has 3 aromatic carbocycles. The molecule has 0 aromatic heterocycles. The van der Waals surface area contributed by atoms with Gasteiger partial charge in [-0.25, -0.2) is 0 Å². The van der Waals surface area contributed by atoms with Gasteiger partial charge in [-0.15, -0.1) is 0 Å². The predicted molar refractivity (Wildman–Crippen MR) is 122 cm³/mol. The molecule has 0 amide bonds. The molecule has 2 bridgehead atoms. The number of rotatable bonds is 3. The van der Waals surface area contributed by atoms with Gasteiger partial charge in [-0.05, 0) is 41.2 Å². The topological polar surface area (TPSA) is 51.2 Å². The van der Waals surface area contributed by atoms with E-state index in [1.54, 1.807) is 0 Å². The fourth-order valence-corrected chi connectivity index (χ4v) is 6.67. The van der Waals surface area contributed by atoms with Gasteiger partial charge in [0.25, 0.3) is 0 Å². The van der Waals surface area contributed by atoms with Crippen molar-refractivity contribution in [3.05, 3.63) is 119 Å². The zero-order valence-corrected chi connectivity index (χ0v) is 17.5. The summed E-state index contributed by atoms with van der Waals surface area (Å²) in [6.07, 6.45) is 3.49. The van der Waals surface area contributed by atoms with Crippen molar-refractivity contribution >= 4 is 17.3 Å². The van der Waals surface area contributed by atoms with Crippen molar-refractivity contribution in [2.75, 3.05) is 0 Å². The van der Waals surface area contributed by atoms with E-state index < -0.39 is 17.3 Å². The number of carbonyl (C=O) groups excluding carboxylic acids is 3. The van der Waals surface area contributed by atoms with Gasteiger partial charge >= 0.3 is 0 Å². The molecule has 0 spiro atoms. The molecule has 0 aliphatic heterocycles. The van der Waals surface area contributed by atoms with Crippen molar-refractivity contribution in [2.45, 2.75) is 23.7 Å². The van der Waals surface area contributed by atoms with Crippen LogP contribution >= 0.6 is 0 Å². The first-order chi connectivity index (χ1) is 15.6. The Kier molecular flexibility index (Phi) is 4.16. The van der Waals surface area contributed by atoms with Crippen LogP contribution in [0.2, 0.25) is 0 Å². The fraction of sp³-hybridized carbons (Fsp3) is 0.207. The van der Waals surface area contributed by atoms with E-state index in [4.69, 9.17) is 0 Å². The first kappa shape index (κ1) is 19.1. The Bertz CT molecular complexity index is 1270. The SMILES string of the molecule is O=C1C=CC(=O)C2C1C1CC(c3ccccc3)C2(C(=O)c2ccccc2)c2ccccc21. The molecule has 3 heteroatoms. The summed E-state index contributed by atoms with van der Waals surface area (Å²) in [4.78, 5) is 41.2. The summed E-state index contributed by atoms with van der Waals surface area (Å²) in [6, 6.07) is 27.2. The van der Waals surface area contributed by atoms with Crippen LogP contribution in [0.3, 0.4) is 0 Å². The second-order valence-electron chi connectivity index (χ2n) is 9.10. The van der Waals surface area contributed by atoms with Gasteiger partial charge in [-0.2, -0.15) is 0 Å². The predicted octanol–water partition coefficient (Wildman–Crippen LogP) is 5.03. The standard InChI is InChI=1S/C29H22O3/c30-24-15-16-25(31)27-26(24)21-17-23(18-9-3-1-4-10-18)29(27,22-14-8-7-13-20(21)22)28(32)19-11-5-2-6-12-19/h1-16,21,23,26-27H,17H2. The van der Waals surface area contributed by atoms with Crippen molar-refractivity contribution in [3.63, 3.8) is 0 Å². The number of hydrogen-bond acceptors (Lipinski definition) is 3. The molecule has 0 saturated heterocycles. The molecule has 0 heterocycles. The Hall–Kier alpha value is -3.59. The van der Waals surface area contributed by atoms with Gasteiger partial charge in [-0.3, -0.25) is 14.4 Å². The lowest BCUT2D eigenvalue weighted by Gasteiger charge is -2.59. The summed E-state index contributed by atoms with van der Waals surface area (Å²) in [7, 11) is 0. The van der Waals surface area contributed by atoms with Crippen molar-refractivity contribution in [1.29, 1.82) is 0 Å². The molecule has 1 fully saturated rings. The highest BCUT2D eigenvalue weighted by Crippen LogP contribution is 2.66. The number of Topliss-reactive ketones (excluding diaryl/α,β-unsaturated/α-hetero) is 1. The lowest BCUT2D eigenvalue weighted by atomic mass is 9.40. The Morgan fingerprint density at radius 3 is 2.12 bits per heavy atom. The van der Waals surface area contributed by atoms with Gasteiger partial charge < -0.3 is 0 Å². The number of hydrogen-bond donors (Lipinski definition) is 0. The Morgan fingerprint density at radius 1 is 0.750 bits per heavy atom. The molecule has 3 nitrogen and oxygen atoms in total. The highest BCUT2D eigenvalue weighted by molar-refractivity contribution is 6.15. The Morgan fingerprint density at radius 2 is 1.38 bits per heavy atom. The molecule has 0 N–H and O–H groups in total. The van der Waals surface area contributed by atoms with Crippen molar-refractivity contribution in [1.82, 2.24) is 0 Å². The zero-order chi connectivity index (χ0) is 21.9. The van der Waals surface area contributed by atoms with Crippen LogP contribution in [-0.4, -0.2) is 17.3 Å². The summed E-state index contributed by atoms with van der Waals surface area (Å²) in [5.74, 6) is -1.65. The largest absolute Gasteiger partial charge is 0.294 e. The summed E-state index contributed by atoms with van der Waals surface area (Å²) in [5.41, 5.74) is 2.47. The zero-order valence-electron chi connectivity index (χ0n) is 17.5. The third-order valence-electron chi connectivity index (χ3n) is 7.79. The van der Waals surface area contributed by atoms with Gasteiger partial charge in [0.05, 0.1) is 5.41 Å². The number of fused-ring (bicyclic) bond motifs is 1. The maximum absolute atomic E-state index is 14.5. The van der Waals surface area contributed by atoms with E-state index in [0.717, 1.165) is 16.7 Å². The third-order valence-corrected chi connectivity index (χ3v) is 7.79. The Balaban J connectivity index is 1.71. The average molecular weight is 418 g/mol. The molecular weight excluding hydrogens is 396 g/mol. The van der Waals surface area contributed by atoms with E-state index in [2.05, 4.69) is 0 Å². The molecule has 4 aliphatic rings. The van der Waals surface area contributed by atoms with E-state index in [9.17, 15) is 14.4 Å². The van der Waals surface area contributed by atoms with E-state index in [-0.39, 0.29) is 29.2 Å². The lowest BCUT2D eigenvalue weighted by molar-refractivity contribution is -0.136. The van der Waals surface area contributed by atoms with Crippen LogP contribution in [-0.2, 0) is 15.0 Å². The molecule has 3 aromatic rings. The maximum atomic E-state index is 14.5. The normalized spacial score (nSPS) is 30.0. The second-order valence-corrected chi connectivity index (χ2v) is 9.10. The molecule has 7 rings (SSSR count). The number of carbonyl (C=O) groups is 3. The van der Waals surface area contributed by atoms with Crippen molar-refractivity contribution in [2.24, 2.45) is 11.8 Å². The van der Waals surface area contributed by atoms with Gasteiger partial charge in [-0.1, -0.05) is 84.9 Å². The molecule has 5 unspecified atom stereocenters. The van der Waals surface area contributed by atoms with E-state index in [0.29, 0.717) is 12.0 Å². The average Bonchev–Trinajstić information content (AvgIpc) is 2.86. The van der Waals surface area contributed by atoms with Gasteiger partial charge in [0.2, 0.25) is 0 Å². The summed E-state index contributed by atoms with van der Waals surface area (Å²) in [6.45, 7) is 0. The molecule has 156 valence electrons. The van der Waals surface area contributed by atoms with E-state index in [1.807, 2.05) is 84.9 Å². The fourth-order valence-electron chi connectivity index (χ4n) is 6.67. The van der Waals surface area contributed by atoms with Crippen LogP contribution in [0.4, 0.5) is 0 Å².